The summed E-state index contributed by atoms with van der Waals surface area (Å²) in [7, 11) is 0. The van der Waals surface area contributed by atoms with Crippen LogP contribution in [0.5, 0.6) is 0 Å². The maximum atomic E-state index is 13.0. The number of thiazole rings is 1. The molecular formula is C16H17FN4S3. The minimum Gasteiger partial charge on any atom is -0.360 e. The second-order valence-electron chi connectivity index (χ2n) is 5.09. The smallest absolute Gasteiger partial charge is 0.206 e. The van der Waals surface area contributed by atoms with Crippen LogP contribution < -0.4 is 5.32 Å². The molecule has 0 aliphatic rings. The van der Waals surface area contributed by atoms with Crippen molar-refractivity contribution < 1.29 is 4.39 Å². The van der Waals surface area contributed by atoms with Gasteiger partial charge in [0.2, 0.25) is 5.13 Å². The number of aromatic nitrogens is 3. The van der Waals surface area contributed by atoms with E-state index in [1.807, 2.05) is 5.38 Å². The van der Waals surface area contributed by atoms with Gasteiger partial charge in [-0.25, -0.2) is 9.37 Å². The molecule has 0 radical (unpaired) electrons. The van der Waals surface area contributed by atoms with Crippen LogP contribution in [0.3, 0.4) is 0 Å². The van der Waals surface area contributed by atoms with Crippen LogP contribution in [0.15, 0.2) is 34.0 Å². The van der Waals surface area contributed by atoms with Crippen LogP contribution >= 0.6 is 34.4 Å². The zero-order chi connectivity index (χ0) is 16.8. The molecule has 3 aromatic rings. The van der Waals surface area contributed by atoms with Crippen molar-refractivity contribution in [3.8, 4) is 10.6 Å². The Morgan fingerprint density at radius 2 is 2.04 bits per heavy atom. The van der Waals surface area contributed by atoms with Crippen LogP contribution in [-0.2, 0) is 5.75 Å². The number of hydrogen-bond acceptors (Lipinski definition) is 7. The zero-order valence-electron chi connectivity index (χ0n) is 13.2. The molecule has 1 N–H and O–H groups in total. The largest absolute Gasteiger partial charge is 0.360 e. The first-order chi connectivity index (χ1) is 11.7. The van der Waals surface area contributed by atoms with Gasteiger partial charge in [-0.2, -0.15) is 0 Å². The monoisotopic (exact) mass is 380 g/mol. The van der Waals surface area contributed by atoms with Crippen LogP contribution in [0.4, 0.5) is 9.52 Å². The van der Waals surface area contributed by atoms with Crippen molar-refractivity contribution in [3.05, 3.63) is 41.2 Å². The molecule has 3 rings (SSSR count). The molecule has 126 valence electrons. The molecule has 24 heavy (non-hydrogen) atoms. The molecule has 0 bridgehead atoms. The summed E-state index contributed by atoms with van der Waals surface area (Å²) >= 11 is 4.78. The van der Waals surface area contributed by atoms with Gasteiger partial charge in [0, 0.05) is 23.2 Å². The number of nitrogens with one attached hydrogen (secondary N) is 1. The van der Waals surface area contributed by atoms with E-state index in [1.165, 1.54) is 12.1 Å². The van der Waals surface area contributed by atoms with E-state index in [0.29, 0.717) is 0 Å². The van der Waals surface area contributed by atoms with Crippen molar-refractivity contribution in [2.75, 3.05) is 11.9 Å². The number of hydrogen-bond donors (Lipinski definition) is 1. The molecule has 0 aliphatic heterocycles. The summed E-state index contributed by atoms with van der Waals surface area (Å²) in [5.74, 6) is 0.520. The van der Waals surface area contributed by atoms with Crippen molar-refractivity contribution in [3.63, 3.8) is 0 Å². The lowest BCUT2D eigenvalue weighted by atomic mass is 10.2. The lowest BCUT2D eigenvalue weighted by Gasteiger charge is -1.97. The highest BCUT2D eigenvalue weighted by atomic mass is 32.2. The highest BCUT2D eigenvalue weighted by molar-refractivity contribution is 8.00. The van der Waals surface area contributed by atoms with Gasteiger partial charge in [-0.15, -0.1) is 21.5 Å². The predicted octanol–water partition coefficient (Wildman–Crippen LogP) is 5.31. The molecule has 0 saturated carbocycles. The van der Waals surface area contributed by atoms with Crippen LogP contribution in [0.2, 0.25) is 0 Å². The lowest BCUT2D eigenvalue weighted by molar-refractivity contribution is 0.628. The Labute approximate surface area is 152 Å². The Morgan fingerprint density at radius 1 is 1.21 bits per heavy atom. The fourth-order valence-electron chi connectivity index (χ4n) is 1.95. The van der Waals surface area contributed by atoms with Gasteiger partial charge in [-0.05, 0) is 30.7 Å². The van der Waals surface area contributed by atoms with Gasteiger partial charge in [0.15, 0.2) is 4.34 Å². The number of benzene rings is 1. The average Bonchev–Trinajstić information content (AvgIpc) is 3.23. The van der Waals surface area contributed by atoms with E-state index in [2.05, 4.69) is 27.4 Å². The Bertz CT molecular complexity index is 770. The molecule has 0 aliphatic carbocycles. The third-order valence-electron chi connectivity index (χ3n) is 3.20. The molecule has 0 unspecified atom stereocenters. The second kappa shape index (κ2) is 8.55. The zero-order valence-corrected chi connectivity index (χ0v) is 15.6. The van der Waals surface area contributed by atoms with E-state index in [0.717, 1.165) is 50.9 Å². The number of anilines is 1. The molecule has 0 amide bonds. The molecule has 8 heteroatoms. The fourth-order valence-corrected chi connectivity index (χ4v) is 4.55. The Kier molecular flexibility index (Phi) is 6.17. The SMILES string of the molecule is CCCCNc1nnc(SCc2csc(-c3ccc(F)cc3)n2)s1. The van der Waals surface area contributed by atoms with Gasteiger partial charge < -0.3 is 5.32 Å². The minimum atomic E-state index is -0.231. The van der Waals surface area contributed by atoms with E-state index < -0.39 is 0 Å². The second-order valence-corrected chi connectivity index (χ2v) is 8.15. The van der Waals surface area contributed by atoms with E-state index >= 15 is 0 Å². The topological polar surface area (TPSA) is 50.7 Å². The van der Waals surface area contributed by atoms with Crippen molar-refractivity contribution in [1.82, 2.24) is 15.2 Å². The van der Waals surface area contributed by atoms with Gasteiger partial charge >= 0.3 is 0 Å². The highest BCUT2D eigenvalue weighted by Crippen LogP contribution is 2.30. The van der Waals surface area contributed by atoms with E-state index in [1.54, 1.807) is 46.6 Å². The molecule has 1 aromatic carbocycles. The van der Waals surface area contributed by atoms with E-state index in [9.17, 15) is 4.39 Å². The standard InChI is InChI=1S/C16H17FN4S3/c1-2-3-8-18-15-20-21-16(24-15)23-10-13-9-22-14(19-13)11-4-6-12(17)7-5-11/h4-7,9H,2-3,8,10H2,1H3,(H,18,20). The highest BCUT2D eigenvalue weighted by Gasteiger charge is 2.08. The maximum Gasteiger partial charge on any atom is 0.206 e. The van der Waals surface area contributed by atoms with Gasteiger partial charge in [0.05, 0.1) is 5.69 Å². The molecular weight excluding hydrogens is 363 g/mol. The first-order valence-corrected chi connectivity index (χ1v) is 10.3. The third-order valence-corrected chi connectivity index (χ3v) is 6.19. The Hall–Kier alpha value is -1.51. The fraction of sp³-hybridized carbons (Fsp3) is 0.312. The number of nitrogens with zero attached hydrogens (tertiary/aromatic N) is 3. The van der Waals surface area contributed by atoms with Gasteiger partial charge in [0.1, 0.15) is 10.8 Å². The van der Waals surface area contributed by atoms with Crippen molar-refractivity contribution in [1.29, 1.82) is 0 Å². The minimum absolute atomic E-state index is 0.231. The van der Waals surface area contributed by atoms with Gasteiger partial charge in [-0.3, -0.25) is 0 Å². The number of unbranched alkanes of at least 4 members (excludes halogenated alkanes) is 1. The van der Waals surface area contributed by atoms with Crippen LogP contribution in [0, 0.1) is 5.82 Å². The first kappa shape index (κ1) is 17.3. The summed E-state index contributed by atoms with van der Waals surface area (Å²) in [5.41, 5.74) is 1.94. The Morgan fingerprint density at radius 3 is 2.83 bits per heavy atom. The van der Waals surface area contributed by atoms with Crippen molar-refractivity contribution in [2.45, 2.75) is 29.9 Å². The molecule has 4 nitrogen and oxygen atoms in total. The van der Waals surface area contributed by atoms with Crippen molar-refractivity contribution in [2.24, 2.45) is 0 Å². The van der Waals surface area contributed by atoms with Crippen LogP contribution in [0.1, 0.15) is 25.5 Å². The summed E-state index contributed by atoms with van der Waals surface area (Å²) in [6.07, 6.45) is 2.29. The number of rotatable bonds is 8. The summed E-state index contributed by atoms with van der Waals surface area (Å²) < 4.78 is 13.9. The molecule has 0 saturated heterocycles. The molecule has 2 aromatic heterocycles. The lowest BCUT2D eigenvalue weighted by Crippen LogP contribution is -1.99. The summed E-state index contributed by atoms with van der Waals surface area (Å²) in [6, 6.07) is 6.42. The van der Waals surface area contributed by atoms with Crippen molar-refractivity contribution >= 4 is 39.6 Å². The van der Waals surface area contributed by atoms with Gasteiger partial charge in [0.25, 0.3) is 0 Å². The molecule has 0 fully saturated rings. The number of halogens is 1. The summed E-state index contributed by atoms with van der Waals surface area (Å²) in [6.45, 7) is 3.10. The quantitative estimate of drug-likeness (QED) is 0.424. The molecule has 2 heterocycles. The average molecular weight is 381 g/mol. The van der Waals surface area contributed by atoms with Crippen LogP contribution in [-0.4, -0.2) is 21.7 Å². The van der Waals surface area contributed by atoms with Crippen LogP contribution in [0.25, 0.3) is 10.6 Å². The van der Waals surface area contributed by atoms with E-state index in [4.69, 9.17) is 0 Å². The maximum absolute atomic E-state index is 13.0. The molecule has 0 spiro atoms. The first-order valence-electron chi connectivity index (χ1n) is 7.65. The third kappa shape index (κ3) is 4.75. The van der Waals surface area contributed by atoms with Gasteiger partial charge in [-0.1, -0.05) is 36.4 Å². The normalized spacial score (nSPS) is 10.9. The van der Waals surface area contributed by atoms with E-state index in [-0.39, 0.29) is 5.82 Å². The summed E-state index contributed by atoms with van der Waals surface area (Å²) in [5, 5.41) is 15.4. The summed E-state index contributed by atoms with van der Waals surface area (Å²) in [4.78, 5) is 4.61. The number of thioether (sulfide) groups is 1. The molecule has 0 atom stereocenters. The predicted molar refractivity (Wildman–Crippen MR) is 100 cm³/mol. The Balaban J connectivity index is 1.54.